The Labute approximate surface area is 215 Å². The molecule has 0 saturated carbocycles. The van der Waals surface area contributed by atoms with Crippen molar-refractivity contribution in [3.05, 3.63) is 111 Å². The van der Waals surface area contributed by atoms with Gasteiger partial charge in [0.2, 0.25) is 0 Å². The predicted octanol–water partition coefficient (Wildman–Crippen LogP) is 5.32. The number of aromatic amines is 1. The Morgan fingerprint density at radius 3 is 2.59 bits per heavy atom. The Bertz CT molecular complexity index is 1520. The molecule has 37 heavy (non-hydrogen) atoms. The minimum absolute atomic E-state index is 0.0840. The minimum atomic E-state index is -0.108. The highest BCUT2D eigenvalue weighted by molar-refractivity contribution is 5.80. The number of H-pyrrole nitrogens is 1. The molecule has 0 spiro atoms. The highest BCUT2D eigenvalue weighted by Crippen LogP contribution is 2.28. The van der Waals surface area contributed by atoms with Crippen LogP contribution in [0.15, 0.2) is 76.1 Å². The molecule has 5 aromatic rings. The molecule has 0 fully saturated rings. The van der Waals surface area contributed by atoms with Crippen LogP contribution in [-0.4, -0.2) is 30.1 Å². The first-order chi connectivity index (χ1) is 18.0. The van der Waals surface area contributed by atoms with Gasteiger partial charge in [0.05, 0.1) is 25.4 Å². The van der Waals surface area contributed by atoms with E-state index in [2.05, 4.69) is 64.4 Å². The molecule has 5 rings (SSSR count). The van der Waals surface area contributed by atoms with Crippen molar-refractivity contribution in [2.24, 2.45) is 0 Å². The number of tetrazole rings is 1. The molecule has 0 radical (unpaired) electrons. The lowest BCUT2D eigenvalue weighted by atomic mass is 10.0. The largest absolute Gasteiger partial charge is 0.468 e. The number of hydrogen-bond acceptors (Lipinski definition) is 6. The molecule has 0 saturated heterocycles. The van der Waals surface area contributed by atoms with Crippen LogP contribution in [0.3, 0.4) is 0 Å². The lowest BCUT2D eigenvalue weighted by Crippen LogP contribution is -2.32. The zero-order valence-corrected chi connectivity index (χ0v) is 21.5. The van der Waals surface area contributed by atoms with Crippen molar-refractivity contribution in [3.8, 4) is 0 Å². The van der Waals surface area contributed by atoms with Gasteiger partial charge in [-0.15, -0.1) is 5.10 Å². The Hall–Kier alpha value is -4.04. The number of aryl methyl sites for hydroxylation is 2. The van der Waals surface area contributed by atoms with E-state index >= 15 is 0 Å². The molecule has 0 aliphatic heterocycles. The summed E-state index contributed by atoms with van der Waals surface area (Å²) in [5, 5.41) is 13.8. The van der Waals surface area contributed by atoms with E-state index in [4.69, 9.17) is 4.42 Å². The SMILES string of the molecule is CCC[C@@H](c1nnnn1Cc1ccccc1)N(Cc1ccco1)Cc1cc2cc(C)c(C)cc2[nH]c1=O. The molecule has 3 aromatic heterocycles. The van der Waals surface area contributed by atoms with E-state index in [9.17, 15) is 4.79 Å². The molecule has 0 amide bonds. The maximum atomic E-state index is 13.2. The van der Waals surface area contributed by atoms with Crippen LogP contribution in [-0.2, 0) is 19.6 Å². The van der Waals surface area contributed by atoms with E-state index < -0.39 is 0 Å². The number of rotatable bonds is 10. The number of hydrogen-bond donors (Lipinski definition) is 1. The standard InChI is InChI=1S/C29H32N6O2/c1-4-9-27(28-31-32-33-35(28)17-22-10-6-5-7-11-22)34(19-25-12-8-13-37-25)18-24-16-23-14-20(2)21(3)15-26(23)30-29(24)36/h5-8,10-16,27H,4,9,17-19H2,1-3H3,(H,30,36)/t27-/m0/s1. The molecule has 1 N–H and O–H groups in total. The number of nitrogens with one attached hydrogen (secondary N) is 1. The van der Waals surface area contributed by atoms with Crippen LogP contribution in [0.25, 0.3) is 10.9 Å². The molecule has 0 aliphatic rings. The number of pyridine rings is 1. The van der Waals surface area contributed by atoms with E-state index in [-0.39, 0.29) is 11.6 Å². The molecule has 8 nitrogen and oxygen atoms in total. The fraction of sp³-hybridized carbons (Fsp3) is 0.310. The summed E-state index contributed by atoms with van der Waals surface area (Å²) in [4.78, 5) is 18.5. The van der Waals surface area contributed by atoms with Crippen LogP contribution in [0.1, 0.15) is 59.6 Å². The van der Waals surface area contributed by atoms with Gasteiger partial charge in [0.25, 0.3) is 5.56 Å². The fourth-order valence-electron chi connectivity index (χ4n) is 4.80. The maximum Gasteiger partial charge on any atom is 0.252 e. The fourth-order valence-corrected chi connectivity index (χ4v) is 4.80. The van der Waals surface area contributed by atoms with Gasteiger partial charge in [0, 0.05) is 17.6 Å². The van der Waals surface area contributed by atoms with Crippen molar-refractivity contribution in [3.63, 3.8) is 0 Å². The third-order valence-corrected chi connectivity index (χ3v) is 6.88. The molecule has 8 heteroatoms. The second-order valence-corrected chi connectivity index (χ2v) is 9.62. The Kier molecular flexibility index (Phi) is 7.28. The molecule has 1 atom stereocenters. The first kappa shape index (κ1) is 24.6. The minimum Gasteiger partial charge on any atom is -0.468 e. The van der Waals surface area contributed by atoms with E-state index in [1.165, 1.54) is 5.56 Å². The molecule has 190 valence electrons. The van der Waals surface area contributed by atoms with Gasteiger partial charge in [-0.3, -0.25) is 9.69 Å². The lowest BCUT2D eigenvalue weighted by molar-refractivity contribution is 0.144. The number of nitrogens with zero attached hydrogens (tertiary/aromatic N) is 5. The van der Waals surface area contributed by atoms with Gasteiger partial charge < -0.3 is 9.40 Å². The smallest absolute Gasteiger partial charge is 0.252 e. The topological polar surface area (TPSA) is 92.8 Å². The quantitative estimate of drug-likeness (QED) is 0.281. The summed E-state index contributed by atoms with van der Waals surface area (Å²) in [5.41, 5.74) is 4.95. The highest BCUT2D eigenvalue weighted by Gasteiger charge is 2.27. The summed E-state index contributed by atoms with van der Waals surface area (Å²) < 4.78 is 7.58. The first-order valence-corrected chi connectivity index (χ1v) is 12.7. The van der Waals surface area contributed by atoms with E-state index in [1.54, 1.807) is 6.26 Å². The van der Waals surface area contributed by atoms with Crippen molar-refractivity contribution in [2.75, 3.05) is 0 Å². The Morgan fingerprint density at radius 2 is 1.84 bits per heavy atom. The third kappa shape index (κ3) is 5.54. The zero-order valence-electron chi connectivity index (χ0n) is 21.5. The normalized spacial score (nSPS) is 12.4. The Balaban J connectivity index is 1.53. The molecule has 3 heterocycles. The highest BCUT2D eigenvalue weighted by atomic mass is 16.3. The van der Waals surface area contributed by atoms with Crippen LogP contribution < -0.4 is 5.56 Å². The maximum absolute atomic E-state index is 13.2. The summed E-state index contributed by atoms with van der Waals surface area (Å²) in [6.45, 7) is 7.83. The number of fused-ring (bicyclic) bond motifs is 1. The van der Waals surface area contributed by atoms with Crippen LogP contribution in [0, 0.1) is 13.8 Å². The van der Waals surface area contributed by atoms with E-state index in [0.29, 0.717) is 25.2 Å². The van der Waals surface area contributed by atoms with Crippen molar-refractivity contribution in [1.82, 2.24) is 30.1 Å². The van der Waals surface area contributed by atoms with Gasteiger partial charge in [-0.05, 0) is 83.1 Å². The number of furan rings is 1. The molecular weight excluding hydrogens is 464 g/mol. The molecule has 0 bridgehead atoms. The van der Waals surface area contributed by atoms with Crippen LogP contribution in [0.2, 0.25) is 0 Å². The van der Waals surface area contributed by atoms with Crippen LogP contribution in [0.4, 0.5) is 0 Å². The zero-order chi connectivity index (χ0) is 25.8. The van der Waals surface area contributed by atoms with Gasteiger partial charge >= 0.3 is 0 Å². The summed E-state index contributed by atoms with van der Waals surface area (Å²) in [6, 6.07) is 20.1. The van der Waals surface area contributed by atoms with Crippen molar-refractivity contribution >= 4 is 10.9 Å². The molecule has 0 unspecified atom stereocenters. The number of benzene rings is 2. The second kappa shape index (κ2) is 10.9. The lowest BCUT2D eigenvalue weighted by Gasteiger charge is -2.30. The van der Waals surface area contributed by atoms with Crippen molar-refractivity contribution in [2.45, 2.75) is 59.3 Å². The van der Waals surface area contributed by atoms with Gasteiger partial charge in [-0.1, -0.05) is 43.7 Å². The van der Waals surface area contributed by atoms with Gasteiger partial charge in [0.15, 0.2) is 5.82 Å². The van der Waals surface area contributed by atoms with E-state index in [1.807, 2.05) is 47.1 Å². The van der Waals surface area contributed by atoms with Crippen LogP contribution >= 0.6 is 0 Å². The van der Waals surface area contributed by atoms with Crippen molar-refractivity contribution < 1.29 is 4.42 Å². The van der Waals surface area contributed by atoms with Gasteiger partial charge in [-0.2, -0.15) is 0 Å². The molecule has 0 aliphatic carbocycles. The van der Waals surface area contributed by atoms with Crippen LogP contribution in [0.5, 0.6) is 0 Å². The average molecular weight is 497 g/mol. The van der Waals surface area contributed by atoms with Gasteiger partial charge in [-0.25, -0.2) is 4.68 Å². The Morgan fingerprint density at radius 1 is 1.03 bits per heavy atom. The summed E-state index contributed by atoms with van der Waals surface area (Å²) in [7, 11) is 0. The predicted molar refractivity (Wildman–Crippen MR) is 143 cm³/mol. The first-order valence-electron chi connectivity index (χ1n) is 12.7. The van der Waals surface area contributed by atoms with Crippen molar-refractivity contribution in [1.29, 1.82) is 0 Å². The summed E-state index contributed by atoms with van der Waals surface area (Å²) >= 11 is 0. The molecule has 2 aromatic carbocycles. The summed E-state index contributed by atoms with van der Waals surface area (Å²) in [6.07, 6.45) is 3.44. The average Bonchev–Trinajstić information content (AvgIpc) is 3.57. The second-order valence-electron chi connectivity index (χ2n) is 9.62. The monoisotopic (exact) mass is 496 g/mol. The summed E-state index contributed by atoms with van der Waals surface area (Å²) in [5.74, 6) is 1.60. The van der Waals surface area contributed by atoms with Gasteiger partial charge in [0.1, 0.15) is 5.76 Å². The molecular formula is C29H32N6O2. The number of aromatic nitrogens is 5. The third-order valence-electron chi connectivity index (χ3n) is 6.88. The van der Waals surface area contributed by atoms with E-state index in [0.717, 1.165) is 46.5 Å².